The number of hydrogen-bond donors (Lipinski definition) is 1. The Balaban J connectivity index is 1.72. The van der Waals surface area contributed by atoms with E-state index in [1.807, 2.05) is 6.92 Å². The molecule has 0 bridgehead atoms. The summed E-state index contributed by atoms with van der Waals surface area (Å²) in [5.74, 6) is 0.606. The summed E-state index contributed by atoms with van der Waals surface area (Å²) in [6, 6.07) is 10.1. The number of ether oxygens (including phenoxy) is 3. The van der Waals surface area contributed by atoms with E-state index in [9.17, 15) is 9.59 Å². The van der Waals surface area contributed by atoms with Gasteiger partial charge >= 0.3 is 5.97 Å². The third-order valence-electron chi connectivity index (χ3n) is 4.31. The molecule has 10 heteroatoms. The second-order valence-corrected chi connectivity index (χ2v) is 6.28. The fourth-order valence-corrected chi connectivity index (χ4v) is 2.72. The first-order valence-corrected chi connectivity index (χ1v) is 8.94. The number of nitrogens with one attached hydrogen (secondary N) is 1. The maximum Gasteiger partial charge on any atom is 0.337 e. The summed E-state index contributed by atoms with van der Waals surface area (Å²) in [6.07, 6.45) is 0. The van der Waals surface area contributed by atoms with Crippen molar-refractivity contribution >= 4 is 17.6 Å². The molecule has 0 saturated carbocycles. The Morgan fingerprint density at radius 1 is 1.03 bits per heavy atom. The largest absolute Gasteiger partial charge is 0.493 e. The zero-order chi connectivity index (χ0) is 21.7. The number of carbonyl (C=O) groups excluding carboxylic acids is 2. The number of aromatic nitrogens is 4. The third kappa shape index (κ3) is 4.54. The molecule has 3 aromatic rings. The van der Waals surface area contributed by atoms with Gasteiger partial charge in [0.15, 0.2) is 11.5 Å². The Morgan fingerprint density at radius 3 is 2.50 bits per heavy atom. The highest BCUT2D eigenvalue weighted by atomic mass is 16.5. The van der Waals surface area contributed by atoms with Crippen LogP contribution in [0.5, 0.6) is 11.5 Å². The van der Waals surface area contributed by atoms with Gasteiger partial charge < -0.3 is 19.5 Å². The van der Waals surface area contributed by atoms with Gasteiger partial charge in [0.05, 0.1) is 26.9 Å². The SMILES string of the molecule is COC(=O)c1ccc(C)c(NC(=O)Cn2nnc(-c3ccc(OC)c(OC)c3)n2)c1. The van der Waals surface area contributed by atoms with Crippen LogP contribution in [0.25, 0.3) is 11.4 Å². The normalized spacial score (nSPS) is 10.4. The van der Waals surface area contributed by atoms with E-state index in [4.69, 9.17) is 14.2 Å². The molecule has 0 aliphatic heterocycles. The Labute approximate surface area is 172 Å². The zero-order valence-electron chi connectivity index (χ0n) is 17.0. The van der Waals surface area contributed by atoms with Gasteiger partial charge in [0.2, 0.25) is 11.7 Å². The maximum absolute atomic E-state index is 12.4. The lowest BCUT2D eigenvalue weighted by atomic mass is 10.1. The van der Waals surface area contributed by atoms with E-state index in [1.165, 1.54) is 19.0 Å². The number of anilines is 1. The summed E-state index contributed by atoms with van der Waals surface area (Å²) in [6.45, 7) is 1.67. The average molecular weight is 411 g/mol. The molecule has 1 aromatic heterocycles. The molecule has 30 heavy (non-hydrogen) atoms. The van der Waals surface area contributed by atoms with Crippen LogP contribution < -0.4 is 14.8 Å². The molecule has 0 unspecified atom stereocenters. The molecule has 0 aliphatic rings. The first kappa shape index (κ1) is 20.8. The molecule has 0 atom stereocenters. The van der Waals surface area contributed by atoms with Crippen molar-refractivity contribution in [2.45, 2.75) is 13.5 Å². The maximum atomic E-state index is 12.4. The van der Waals surface area contributed by atoms with Crippen LogP contribution in [0, 0.1) is 6.92 Å². The van der Waals surface area contributed by atoms with Gasteiger partial charge in [-0.05, 0) is 48.0 Å². The van der Waals surface area contributed by atoms with Gasteiger partial charge in [0, 0.05) is 11.3 Å². The van der Waals surface area contributed by atoms with E-state index >= 15 is 0 Å². The Hall–Kier alpha value is -3.95. The number of esters is 1. The monoisotopic (exact) mass is 411 g/mol. The van der Waals surface area contributed by atoms with Crippen molar-refractivity contribution in [3.05, 3.63) is 47.5 Å². The number of hydrogen-bond acceptors (Lipinski definition) is 8. The highest BCUT2D eigenvalue weighted by Crippen LogP contribution is 2.30. The number of nitrogens with zero attached hydrogens (tertiary/aromatic N) is 4. The molecule has 1 heterocycles. The van der Waals surface area contributed by atoms with Crippen molar-refractivity contribution in [1.29, 1.82) is 0 Å². The van der Waals surface area contributed by atoms with Gasteiger partial charge in [-0.2, -0.15) is 4.80 Å². The van der Waals surface area contributed by atoms with Crippen molar-refractivity contribution < 1.29 is 23.8 Å². The average Bonchev–Trinajstić information content (AvgIpc) is 3.22. The molecule has 0 fully saturated rings. The summed E-state index contributed by atoms with van der Waals surface area (Å²) >= 11 is 0. The van der Waals surface area contributed by atoms with Crippen LogP contribution >= 0.6 is 0 Å². The van der Waals surface area contributed by atoms with Crippen molar-refractivity contribution in [1.82, 2.24) is 20.2 Å². The molecule has 0 aliphatic carbocycles. The summed E-state index contributed by atoms with van der Waals surface area (Å²) < 4.78 is 15.2. The van der Waals surface area contributed by atoms with Crippen LogP contribution in [0.15, 0.2) is 36.4 Å². The summed E-state index contributed by atoms with van der Waals surface area (Å²) in [5.41, 5.74) is 2.31. The number of tetrazole rings is 1. The van der Waals surface area contributed by atoms with Crippen LogP contribution in [-0.2, 0) is 16.1 Å². The minimum atomic E-state index is -0.483. The van der Waals surface area contributed by atoms with Crippen molar-refractivity contribution in [2.75, 3.05) is 26.6 Å². The standard InChI is InChI=1S/C20H21N5O5/c1-12-5-6-14(20(27)30-4)9-15(12)21-18(26)11-25-23-19(22-24-25)13-7-8-16(28-2)17(10-13)29-3/h5-10H,11H2,1-4H3,(H,21,26). The minimum Gasteiger partial charge on any atom is -0.493 e. The number of amides is 1. The highest BCUT2D eigenvalue weighted by molar-refractivity contribution is 5.95. The summed E-state index contributed by atoms with van der Waals surface area (Å²) in [7, 11) is 4.38. The molecular weight excluding hydrogens is 390 g/mol. The molecule has 1 N–H and O–H groups in total. The quantitative estimate of drug-likeness (QED) is 0.587. The number of carbonyl (C=O) groups is 2. The number of aryl methyl sites for hydroxylation is 1. The fraction of sp³-hybridized carbons (Fsp3) is 0.250. The van der Waals surface area contributed by atoms with Gasteiger partial charge in [0.25, 0.3) is 0 Å². The predicted molar refractivity (Wildman–Crippen MR) is 108 cm³/mol. The molecule has 0 spiro atoms. The van der Waals surface area contributed by atoms with E-state index in [-0.39, 0.29) is 12.5 Å². The van der Waals surface area contributed by atoms with Crippen molar-refractivity contribution in [3.8, 4) is 22.9 Å². The molecule has 0 radical (unpaired) electrons. The zero-order valence-corrected chi connectivity index (χ0v) is 17.0. The predicted octanol–water partition coefficient (Wildman–Crippen LogP) is 2.09. The Bertz CT molecular complexity index is 1080. The van der Waals surface area contributed by atoms with Crippen LogP contribution in [-0.4, -0.2) is 53.4 Å². The van der Waals surface area contributed by atoms with Gasteiger partial charge in [-0.15, -0.1) is 10.2 Å². The number of methoxy groups -OCH3 is 3. The second kappa shape index (κ2) is 9.03. The first-order chi connectivity index (χ1) is 14.4. The third-order valence-corrected chi connectivity index (χ3v) is 4.31. The molecular formula is C20H21N5O5. The number of rotatable bonds is 7. The lowest BCUT2D eigenvalue weighted by Crippen LogP contribution is -2.21. The van der Waals surface area contributed by atoms with Gasteiger partial charge in [-0.3, -0.25) is 4.79 Å². The van der Waals surface area contributed by atoms with Gasteiger partial charge in [-0.25, -0.2) is 4.79 Å². The highest BCUT2D eigenvalue weighted by Gasteiger charge is 2.14. The summed E-state index contributed by atoms with van der Waals surface area (Å²) in [5, 5.41) is 14.9. The molecule has 156 valence electrons. The lowest BCUT2D eigenvalue weighted by molar-refractivity contribution is -0.117. The lowest BCUT2D eigenvalue weighted by Gasteiger charge is -2.09. The van der Waals surface area contributed by atoms with Gasteiger partial charge in [-0.1, -0.05) is 6.07 Å². The summed E-state index contributed by atoms with van der Waals surface area (Å²) in [4.78, 5) is 25.3. The van der Waals surface area contributed by atoms with E-state index in [1.54, 1.807) is 43.5 Å². The van der Waals surface area contributed by atoms with Crippen molar-refractivity contribution in [3.63, 3.8) is 0 Å². The first-order valence-electron chi connectivity index (χ1n) is 8.94. The van der Waals surface area contributed by atoms with Crippen LogP contribution in [0.1, 0.15) is 15.9 Å². The topological polar surface area (TPSA) is 117 Å². The molecule has 10 nitrogen and oxygen atoms in total. The van der Waals surface area contributed by atoms with Crippen molar-refractivity contribution in [2.24, 2.45) is 0 Å². The second-order valence-electron chi connectivity index (χ2n) is 6.28. The minimum absolute atomic E-state index is 0.151. The Morgan fingerprint density at radius 2 is 1.80 bits per heavy atom. The molecule has 3 rings (SSSR count). The molecule has 0 saturated heterocycles. The van der Waals surface area contributed by atoms with Crippen LogP contribution in [0.4, 0.5) is 5.69 Å². The van der Waals surface area contributed by atoms with Crippen LogP contribution in [0.2, 0.25) is 0 Å². The van der Waals surface area contributed by atoms with E-state index in [0.717, 1.165) is 5.56 Å². The van der Waals surface area contributed by atoms with Crippen LogP contribution in [0.3, 0.4) is 0 Å². The van der Waals surface area contributed by atoms with Gasteiger partial charge in [0.1, 0.15) is 6.54 Å². The number of benzene rings is 2. The van der Waals surface area contributed by atoms with E-state index in [2.05, 4.69) is 20.7 Å². The smallest absolute Gasteiger partial charge is 0.337 e. The van der Waals surface area contributed by atoms with E-state index < -0.39 is 5.97 Å². The molecule has 2 aromatic carbocycles. The molecule has 1 amide bonds. The fourth-order valence-electron chi connectivity index (χ4n) is 2.72. The Kier molecular flexibility index (Phi) is 6.26. The van der Waals surface area contributed by atoms with E-state index in [0.29, 0.717) is 34.1 Å².